The number of aromatic nitrogens is 1. The molecule has 0 atom stereocenters. The van der Waals surface area contributed by atoms with Crippen molar-refractivity contribution in [2.24, 2.45) is 0 Å². The van der Waals surface area contributed by atoms with Crippen LogP contribution in [0.5, 0.6) is 5.75 Å². The van der Waals surface area contributed by atoms with E-state index in [0.717, 1.165) is 0 Å². The molecule has 0 aliphatic heterocycles. The molecule has 1 aromatic heterocycles. The number of nitrogens with two attached hydrogens (primary N) is 1. The van der Waals surface area contributed by atoms with Crippen LogP contribution >= 0.6 is 0 Å². The first-order chi connectivity index (χ1) is 5.11. The fraction of sp³-hybridized carbons (Fsp3) is 0. The van der Waals surface area contributed by atoms with Crippen LogP contribution in [-0.4, -0.2) is 21.2 Å². The van der Waals surface area contributed by atoms with Crippen LogP contribution in [0.4, 0.5) is 5.82 Å². The largest absolute Gasteiger partial charge is 0.504 e. The topological polar surface area (TPSA) is 96.4 Å². The van der Waals surface area contributed by atoms with Crippen LogP contribution in [-0.2, 0) is 0 Å². The Labute approximate surface area is 62.1 Å². The summed E-state index contributed by atoms with van der Waals surface area (Å²) in [5.74, 6) is -1.56. The average molecular weight is 154 g/mol. The summed E-state index contributed by atoms with van der Waals surface area (Å²) >= 11 is 0. The minimum atomic E-state index is -1.17. The van der Waals surface area contributed by atoms with Gasteiger partial charge in [-0.1, -0.05) is 0 Å². The summed E-state index contributed by atoms with van der Waals surface area (Å²) in [6, 6.07) is 2.36. The lowest BCUT2D eigenvalue weighted by atomic mass is 10.3. The van der Waals surface area contributed by atoms with Crippen molar-refractivity contribution in [1.82, 2.24) is 4.98 Å². The maximum absolute atomic E-state index is 10.3. The number of hydrogen-bond donors (Lipinski definition) is 3. The van der Waals surface area contributed by atoms with Crippen LogP contribution in [0.15, 0.2) is 12.1 Å². The van der Waals surface area contributed by atoms with Gasteiger partial charge in [0.05, 0.1) is 0 Å². The van der Waals surface area contributed by atoms with Crippen molar-refractivity contribution in [3.05, 3.63) is 17.8 Å². The van der Waals surface area contributed by atoms with E-state index in [1.807, 2.05) is 0 Å². The molecule has 4 N–H and O–H groups in total. The number of aromatic hydroxyl groups is 1. The summed E-state index contributed by atoms with van der Waals surface area (Å²) in [6.07, 6.45) is 0. The minimum Gasteiger partial charge on any atom is -0.504 e. The number of pyridine rings is 1. The van der Waals surface area contributed by atoms with Crippen molar-refractivity contribution in [1.29, 1.82) is 0 Å². The number of anilines is 1. The monoisotopic (exact) mass is 154 g/mol. The summed E-state index contributed by atoms with van der Waals surface area (Å²) in [4.78, 5) is 13.7. The Balaban J connectivity index is 3.15. The van der Waals surface area contributed by atoms with Crippen LogP contribution in [0.1, 0.15) is 10.5 Å². The molecule has 5 heteroatoms. The number of hydrogen-bond acceptors (Lipinski definition) is 4. The van der Waals surface area contributed by atoms with E-state index in [-0.39, 0.29) is 17.3 Å². The van der Waals surface area contributed by atoms with Crippen molar-refractivity contribution < 1.29 is 15.0 Å². The molecule has 58 valence electrons. The molecule has 0 aromatic carbocycles. The smallest absolute Gasteiger partial charge is 0.354 e. The van der Waals surface area contributed by atoms with Gasteiger partial charge in [-0.25, -0.2) is 9.78 Å². The molecule has 0 bridgehead atoms. The van der Waals surface area contributed by atoms with Crippen molar-refractivity contribution in [2.75, 3.05) is 5.73 Å². The Morgan fingerprint density at radius 1 is 1.55 bits per heavy atom. The molecule has 0 radical (unpaired) electrons. The average Bonchev–Trinajstić information content (AvgIpc) is 1.94. The number of nitrogen functional groups attached to an aromatic ring is 1. The predicted molar refractivity (Wildman–Crippen MR) is 37.3 cm³/mol. The molecule has 0 fully saturated rings. The molecule has 0 aliphatic rings. The van der Waals surface area contributed by atoms with Crippen LogP contribution in [0.2, 0.25) is 0 Å². The summed E-state index contributed by atoms with van der Waals surface area (Å²) in [5, 5.41) is 17.2. The number of rotatable bonds is 1. The molecule has 0 saturated heterocycles. The van der Waals surface area contributed by atoms with Gasteiger partial charge in [-0.2, -0.15) is 0 Å². The molecule has 5 nitrogen and oxygen atoms in total. The van der Waals surface area contributed by atoms with Gasteiger partial charge in [0.15, 0.2) is 17.3 Å². The molecule has 1 heterocycles. The van der Waals surface area contributed by atoms with Gasteiger partial charge in [0.1, 0.15) is 0 Å². The Hall–Kier alpha value is -1.78. The highest BCUT2D eigenvalue weighted by Gasteiger charge is 2.06. The minimum absolute atomic E-state index is 0.176. The van der Waals surface area contributed by atoms with E-state index in [1.165, 1.54) is 12.1 Å². The van der Waals surface area contributed by atoms with E-state index < -0.39 is 5.97 Å². The van der Waals surface area contributed by atoms with E-state index in [0.29, 0.717) is 0 Å². The van der Waals surface area contributed by atoms with E-state index in [9.17, 15) is 4.79 Å². The summed E-state index contributed by atoms with van der Waals surface area (Å²) < 4.78 is 0. The maximum atomic E-state index is 10.3. The molecule has 11 heavy (non-hydrogen) atoms. The van der Waals surface area contributed by atoms with Gasteiger partial charge < -0.3 is 15.9 Å². The zero-order valence-electron chi connectivity index (χ0n) is 5.48. The van der Waals surface area contributed by atoms with E-state index in [2.05, 4.69) is 4.98 Å². The Kier molecular flexibility index (Phi) is 1.63. The van der Waals surface area contributed by atoms with Crippen molar-refractivity contribution >= 4 is 11.8 Å². The van der Waals surface area contributed by atoms with Gasteiger partial charge in [-0.15, -0.1) is 0 Å². The van der Waals surface area contributed by atoms with Crippen LogP contribution in [0.25, 0.3) is 0 Å². The first-order valence-corrected chi connectivity index (χ1v) is 2.80. The Morgan fingerprint density at radius 2 is 2.18 bits per heavy atom. The third-order valence-corrected chi connectivity index (χ3v) is 1.12. The van der Waals surface area contributed by atoms with Gasteiger partial charge in [-0.05, 0) is 12.1 Å². The Bertz CT molecular complexity index is 298. The lowest BCUT2D eigenvalue weighted by Gasteiger charge is -1.97. The molecule has 0 spiro atoms. The molecular formula is C6H6N2O3. The third-order valence-electron chi connectivity index (χ3n) is 1.12. The summed E-state index contributed by atoms with van der Waals surface area (Å²) in [5.41, 5.74) is 4.95. The second-order valence-corrected chi connectivity index (χ2v) is 1.91. The SMILES string of the molecule is Nc1nc(C(=O)O)ccc1O. The van der Waals surface area contributed by atoms with E-state index in [4.69, 9.17) is 15.9 Å². The summed E-state index contributed by atoms with van der Waals surface area (Å²) in [6.45, 7) is 0. The summed E-state index contributed by atoms with van der Waals surface area (Å²) in [7, 11) is 0. The first-order valence-electron chi connectivity index (χ1n) is 2.80. The quantitative estimate of drug-likeness (QED) is 0.531. The van der Waals surface area contributed by atoms with Gasteiger partial charge in [-0.3, -0.25) is 0 Å². The van der Waals surface area contributed by atoms with Gasteiger partial charge in [0.2, 0.25) is 0 Å². The lowest BCUT2D eigenvalue weighted by Crippen LogP contribution is -2.02. The molecule has 1 rings (SSSR count). The number of carboxylic acids is 1. The van der Waals surface area contributed by atoms with Crippen LogP contribution in [0, 0.1) is 0 Å². The number of carbonyl (C=O) groups is 1. The molecule has 0 saturated carbocycles. The van der Waals surface area contributed by atoms with Crippen molar-refractivity contribution in [2.45, 2.75) is 0 Å². The van der Waals surface area contributed by atoms with Gasteiger partial charge in [0.25, 0.3) is 0 Å². The predicted octanol–water partition coefficient (Wildman–Crippen LogP) is 0.0676. The van der Waals surface area contributed by atoms with E-state index >= 15 is 0 Å². The zero-order chi connectivity index (χ0) is 8.43. The van der Waals surface area contributed by atoms with Crippen LogP contribution < -0.4 is 5.73 Å². The fourth-order valence-electron chi connectivity index (χ4n) is 0.587. The third kappa shape index (κ3) is 1.37. The Morgan fingerprint density at radius 3 is 2.64 bits per heavy atom. The van der Waals surface area contributed by atoms with Crippen LogP contribution in [0.3, 0.4) is 0 Å². The standard InChI is InChI=1S/C6H6N2O3/c7-5-4(9)2-1-3(8-5)6(10)11/h1-2,9H,(H2,7,8)(H,10,11). The first kappa shape index (κ1) is 7.33. The number of aromatic carboxylic acids is 1. The lowest BCUT2D eigenvalue weighted by molar-refractivity contribution is 0.0690. The molecule has 0 unspecified atom stereocenters. The van der Waals surface area contributed by atoms with Gasteiger partial charge >= 0.3 is 5.97 Å². The number of nitrogens with zero attached hydrogens (tertiary/aromatic N) is 1. The van der Waals surface area contributed by atoms with Crippen molar-refractivity contribution in [3.8, 4) is 5.75 Å². The fourth-order valence-corrected chi connectivity index (χ4v) is 0.587. The highest BCUT2D eigenvalue weighted by Crippen LogP contribution is 2.15. The highest BCUT2D eigenvalue weighted by atomic mass is 16.4. The van der Waals surface area contributed by atoms with E-state index in [1.54, 1.807) is 0 Å². The zero-order valence-corrected chi connectivity index (χ0v) is 5.48. The van der Waals surface area contributed by atoms with Crippen molar-refractivity contribution in [3.63, 3.8) is 0 Å². The van der Waals surface area contributed by atoms with Gasteiger partial charge in [0, 0.05) is 0 Å². The second-order valence-electron chi connectivity index (χ2n) is 1.91. The molecule has 0 aliphatic carbocycles. The highest BCUT2D eigenvalue weighted by molar-refractivity contribution is 5.86. The molecule has 0 amide bonds. The normalized spacial score (nSPS) is 9.45. The molecule has 1 aromatic rings. The number of carboxylic acid groups (broad SMARTS) is 1. The molecular weight excluding hydrogens is 148 g/mol. The maximum Gasteiger partial charge on any atom is 0.354 e. The second kappa shape index (κ2) is 2.45.